The SMILES string of the molecule is [c]1ccc2c3cccc4cccc(c5cc[c]c1c25)c43. The largest absolute Gasteiger partial charge is 0.0610 e. The Hall–Kier alpha value is -2.60. The molecule has 0 saturated carbocycles. The molecule has 0 nitrogen and oxygen atoms in total. The Balaban J connectivity index is 2.32. The zero-order valence-electron chi connectivity index (χ0n) is 10.8. The third-order valence-corrected chi connectivity index (χ3v) is 4.23. The molecule has 0 heterocycles. The van der Waals surface area contributed by atoms with Gasteiger partial charge in [-0.15, -0.1) is 0 Å². The first-order valence-electron chi connectivity index (χ1n) is 6.81. The molecule has 0 aliphatic carbocycles. The lowest BCUT2D eigenvalue weighted by molar-refractivity contribution is 1.77. The second-order valence-electron chi connectivity index (χ2n) is 5.24. The van der Waals surface area contributed by atoms with E-state index < -0.39 is 0 Å². The summed E-state index contributed by atoms with van der Waals surface area (Å²) in [7, 11) is 0. The van der Waals surface area contributed by atoms with Crippen LogP contribution in [0.15, 0.2) is 60.7 Å². The van der Waals surface area contributed by atoms with Gasteiger partial charge >= 0.3 is 0 Å². The van der Waals surface area contributed by atoms with Crippen LogP contribution in [0.3, 0.4) is 0 Å². The van der Waals surface area contributed by atoms with Crippen LogP contribution in [-0.4, -0.2) is 0 Å². The molecule has 5 aromatic rings. The Morgan fingerprint density at radius 3 is 1.70 bits per heavy atom. The third kappa shape index (κ3) is 1.12. The van der Waals surface area contributed by atoms with Crippen LogP contribution in [0.1, 0.15) is 0 Å². The lowest BCUT2D eigenvalue weighted by Gasteiger charge is -2.13. The highest BCUT2D eigenvalue weighted by atomic mass is 14.1. The third-order valence-electron chi connectivity index (χ3n) is 4.23. The predicted octanol–water partition coefficient (Wildman–Crippen LogP) is 5.34. The molecule has 90 valence electrons. The van der Waals surface area contributed by atoms with Crippen LogP contribution in [0.5, 0.6) is 0 Å². The van der Waals surface area contributed by atoms with Crippen LogP contribution in [0.4, 0.5) is 0 Å². The average molecular weight is 250 g/mol. The van der Waals surface area contributed by atoms with Crippen molar-refractivity contribution in [2.75, 3.05) is 0 Å². The second kappa shape index (κ2) is 3.49. The Bertz CT molecular complexity index is 917. The highest BCUT2D eigenvalue weighted by molar-refractivity contribution is 6.32. The van der Waals surface area contributed by atoms with Crippen LogP contribution >= 0.6 is 0 Å². The Labute approximate surface area is 116 Å². The second-order valence-corrected chi connectivity index (χ2v) is 5.24. The van der Waals surface area contributed by atoms with E-state index in [1.165, 1.54) is 37.7 Å². The molecule has 5 aromatic carbocycles. The molecule has 0 aliphatic rings. The monoisotopic (exact) mass is 250 g/mol. The zero-order valence-corrected chi connectivity index (χ0v) is 10.8. The fourth-order valence-corrected chi connectivity index (χ4v) is 3.42. The summed E-state index contributed by atoms with van der Waals surface area (Å²) < 4.78 is 0. The summed E-state index contributed by atoms with van der Waals surface area (Å²) in [6.45, 7) is 0. The van der Waals surface area contributed by atoms with Crippen molar-refractivity contribution >= 4 is 43.1 Å². The molecule has 20 heavy (non-hydrogen) atoms. The van der Waals surface area contributed by atoms with Gasteiger partial charge in [0.05, 0.1) is 0 Å². The van der Waals surface area contributed by atoms with Gasteiger partial charge in [0.1, 0.15) is 0 Å². The van der Waals surface area contributed by atoms with Gasteiger partial charge in [0.15, 0.2) is 0 Å². The van der Waals surface area contributed by atoms with E-state index in [0.717, 1.165) is 5.39 Å². The van der Waals surface area contributed by atoms with E-state index in [0.29, 0.717) is 0 Å². The zero-order chi connectivity index (χ0) is 13.1. The number of benzene rings is 5. The molecule has 0 amide bonds. The molecule has 0 atom stereocenters. The van der Waals surface area contributed by atoms with Crippen molar-refractivity contribution in [2.24, 2.45) is 0 Å². The molecule has 0 heteroatoms. The normalized spacial score (nSPS) is 12.0. The van der Waals surface area contributed by atoms with Gasteiger partial charge in [-0.2, -0.15) is 0 Å². The summed E-state index contributed by atoms with van der Waals surface area (Å²) in [6, 6.07) is 28.1. The highest BCUT2D eigenvalue weighted by Crippen LogP contribution is 2.39. The van der Waals surface area contributed by atoms with Gasteiger partial charge in [-0.1, -0.05) is 60.7 Å². The first kappa shape index (κ1) is 10.2. The quantitative estimate of drug-likeness (QED) is 0.257. The van der Waals surface area contributed by atoms with E-state index >= 15 is 0 Å². The maximum absolute atomic E-state index is 3.31. The summed E-state index contributed by atoms with van der Waals surface area (Å²) in [4.78, 5) is 0. The molecule has 0 N–H and O–H groups in total. The van der Waals surface area contributed by atoms with Crippen molar-refractivity contribution in [3.63, 3.8) is 0 Å². The van der Waals surface area contributed by atoms with Crippen molar-refractivity contribution < 1.29 is 0 Å². The van der Waals surface area contributed by atoms with Crippen LogP contribution in [0.2, 0.25) is 0 Å². The highest BCUT2D eigenvalue weighted by Gasteiger charge is 2.11. The minimum atomic E-state index is 1.08. The van der Waals surface area contributed by atoms with E-state index in [2.05, 4.69) is 60.7 Å². The maximum Gasteiger partial charge on any atom is -0.00139 e. The van der Waals surface area contributed by atoms with Crippen LogP contribution < -0.4 is 0 Å². The molecule has 0 aromatic heterocycles. The lowest BCUT2D eigenvalue weighted by atomic mass is 9.90. The molecule has 2 radical (unpaired) electrons. The fourth-order valence-electron chi connectivity index (χ4n) is 3.42. The smallest absolute Gasteiger partial charge is 0.00139 e. The number of rotatable bonds is 0. The minimum absolute atomic E-state index is 1.08. The van der Waals surface area contributed by atoms with Crippen molar-refractivity contribution in [1.82, 2.24) is 0 Å². The standard InChI is InChI=1S/C20H10/c1-5-13-6-2-11-17-18-12-4-8-14-7-3-10-16(20(14)18)15(9-1)19(13)17/h1-6,9-12H. The molecule has 5 rings (SSSR count). The molecular formula is C20H10. The molecule has 0 bridgehead atoms. The van der Waals surface area contributed by atoms with Gasteiger partial charge in [-0.05, 0) is 55.2 Å². The maximum atomic E-state index is 3.31. The number of hydrogen-bond acceptors (Lipinski definition) is 0. The van der Waals surface area contributed by atoms with Crippen molar-refractivity contribution in [3.8, 4) is 0 Å². The Morgan fingerprint density at radius 2 is 1.10 bits per heavy atom. The minimum Gasteiger partial charge on any atom is -0.0610 e. The van der Waals surface area contributed by atoms with E-state index in [-0.39, 0.29) is 0 Å². The summed E-state index contributed by atoms with van der Waals surface area (Å²) in [5, 5.41) is 10.3. The van der Waals surface area contributed by atoms with Gasteiger partial charge < -0.3 is 0 Å². The molecule has 0 spiro atoms. The van der Waals surface area contributed by atoms with E-state index in [9.17, 15) is 0 Å². The van der Waals surface area contributed by atoms with Gasteiger partial charge in [0.25, 0.3) is 0 Å². The van der Waals surface area contributed by atoms with Gasteiger partial charge in [-0.3, -0.25) is 0 Å². The van der Waals surface area contributed by atoms with E-state index in [1.807, 2.05) is 12.1 Å². The summed E-state index contributed by atoms with van der Waals surface area (Å²) >= 11 is 0. The fraction of sp³-hybridized carbons (Fsp3) is 0. The molecule has 0 aliphatic heterocycles. The average Bonchev–Trinajstić information content (AvgIpc) is 2.52. The topological polar surface area (TPSA) is 0 Å². The van der Waals surface area contributed by atoms with E-state index in [1.54, 1.807) is 0 Å². The van der Waals surface area contributed by atoms with Crippen molar-refractivity contribution in [2.45, 2.75) is 0 Å². The lowest BCUT2D eigenvalue weighted by Crippen LogP contribution is -1.86. The van der Waals surface area contributed by atoms with E-state index in [4.69, 9.17) is 0 Å². The number of fused-ring (bicyclic) bond motifs is 2. The molecule has 0 saturated heterocycles. The van der Waals surface area contributed by atoms with Gasteiger partial charge in [0.2, 0.25) is 0 Å². The summed E-state index contributed by atoms with van der Waals surface area (Å²) in [5.74, 6) is 0. The van der Waals surface area contributed by atoms with Crippen molar-refractivity contribution in [3.05, 3.63) is 72.8 Å². The Morgan fingerprint density at radius 1 is 0.550 bits per heavy atom. The number of hydrogen-bond donors (Lipinski definition) is 0. The molecule has 0 unspecified atom stereocenters. The van der Waals surface area contributed by atoms with Crippen LogP contribution in [0.25, 0.3) is 43.1 Å². The van der Waals surface area contributed by atoms with Gasteiger partial charge in [-0.25, -0.2) is 0 Å². The first-order valence-corrected chi connectivity index (χ1v) is 6.81. The summed E-state index contributed by atoms with van der Waals surface area (Å²) in [5.41, 5.74) is 0. The first-order chi connectivity index (χ1) is 9.93. The summed E-state index contributed by atoms with van der Waals surface area (Å²) in [6.07, 6.45) is 0. The van der Waals surface area contributed by atoms with Crippen molar-refractivity contribution in [1.29, 1.82) is 0 Å². The Kier molecular flexibility index (Phi) is 1.78. The van der Waals surface area contributed by atoms with Crippen LogP contribution in [-0.2, 0) is 0 Å². The van der Waals surface area contributed by atoms with Crippen LogP contribution in [0, 0.1) is 12.1 Å². The molecular weight excluding hydrogens is 240 g/mol. The molecule has 0 fully saturated rings. The predicted molar refractivity (Wildman–Crippen MR) is 85.3 cm³/mol. The van der Waals surface area contributed by atoms with Gasteiger partial charge in [0, 0.05) is 0 Å².